The van der Waals surface area contributed by atoms with E-state index >= 15 is 0 Å². The predicted octanol–water partition coefficient (Wildman–Crippen LogP) is 4.03. The van der Waals surface area contributed by atoms with Gasteiger partial charge in [-0.1, -0.05) is 18.2 Å². The van der Waals surface area contributed by atoms with E-state index in [-0.39, 0.29) is 5.91 Å². The summed E-state index contributed by atoms with van der Waals surface area (Å²) in [7, 11) is 2.07. The first-order valence-corrected chi connectivity index (χ1v) is 8.52. The molecular weight excluding hydrogens is 322 g/mol. The van der Waals surface area contributed by atoms with E-state index < -0.39 is 0 Å². The fraction of sp³-hybridized carbons (Fsp3) is 0.0909. The molecule has 0 fully saturated rings. The van der Waals surface area contributed by atoms with Gasteiger partial charge in [0.1, 0.15) is 7.05 Å². The van der Waals surface area contributed by atoms with Crippen LogP contribution in [0.2, 0.25) is 0 Å². The zero-order valence-corrected chi connectivity index (χ0v) is 14.8. The van der Waals surface area contributed by atoms with Crippen LogP contribution in [0.15, 0.2) is 66.7 Å². The molecule has 1 amide bonds. The highest BCUT2D eigenvalue weighted by Crippen LogP contribution is 2.33. The molecule has 3 N–H and O–H groups in total. The van der Waals surface area contributed by atoms with Gasteiger partial charge in [0.25, 0.3) is 0 Å². The van der Waals surface area contributed by atoms with Crippen LogP contribution in [-0.4, -0.2) is 5.91 Å². The van der Waals surface area contributed by atoms with E-state index in [4.69, 9.17) is 5.73 Å². The highest BCUT2D eigenvalue weighted by atomic mass is 16.1. The Bertz CT molecular complexity index is 1150. The van der Waals surface area contributed by atoms with Gasteiger partial charge in [-0.05, 0) is 42.5 Å². The Labute approximate surface area is 151 Å². The first-order valence-electron chi connectivity index (χ1n) is 8.52. The van der Waals surface area contributed by atoms with Gasteiger partial charge in [-0.2, -0.15) is 4.57 Å². The second kappa shape index (κ2) is 6.15. The summed E-state index contributed by atoms with van der Waals surface area (Å²) in [5, 5.41) is 6.30. The lowest BCUT2D eigenvalue weighted by Gasteiger charge is -2.11. The van der Waals surface area contributed by atoms with E-state index in [9.17, 15) is 4.79 Å². The second-order valence-electron chi connectivity index (χ2n) is 6.49. The lowest BCUT2D eigenvalue weighted by atomic mass is 9.98. The summed E-state index contributed by atoms with van der Waals surface area (Å²) in [6.07, 6.45) is 0. The molecule has 3 aromatic carbocycles. The number of anilines is 2. The fourth-order valence-electron chi connectivity index (χ4n) is 3.54. The molecule has 0 bridgehead atoms. The van der Waals surface area contributed by atoms with Crippen molar-refractivity contribution in [3.63, 3.8) is 0 Å². The Balaban J connectivity index is 2.12. The number of rotatable bonds is 2. The summed E-state index contributed by atoms with van der Waals surface area (Å²) in [5.41, 5.74) is 10.7. The Hall–Kier alpha value is -3.40. The zero-order chi connectivity index (χ0) is 18.3. The van der Waals surface area contributed by atoms with Crippen LogP contribution in [0.5, 0.6) is 0 Å². The van der Waals surface area contributed by atoms with Crippen molar-refractivity contribution in [1.82, 2.24) is 0 Å². The number of nitrogens with two attached hydrogens (primary N) is 1. The fourth-order valence-corrected chi connectivity index (χ4v) is 3.54. The topological polar surface area (TPSA) is 59.0 Å². The maximum Gasteiger partial charge on any atom is 0.221 e. The van der Waals surface area contributed by atoms with Gasteiger partial charge in [0.15, 0.2) is 0 Å². The van der Waals surface area contributed by atoms with Crippen molar-refractivity contribution in [3.05, 3.63) is 66.7 Å². The van der Waals surface area contributed by atoms with Gasteiger partial charge in [-0.25, -0.2) is 0 Å². The molecule has 0 aliphatic carbocycles. The normalized spacial score (nSPS) is 11.0. The van der Waals surface area contributed by atoms with Gasteiger partial charge in [0.05, 0.1) is 10.8 Å². The van der Waals surface area contributed by atoms with Crippen LogP contribution in [0.1, 0.15) is 6.92 Å². The highest BCUT2D eigenvalue weighted by molar-refractivity contribution is 6.10. The number of nitrogens with zero attached hydrogens (tertiary/aromatic N) is 1. The molecule has 0 radical (unpaired) electrons. The van der Waals surface area contributed by atoms with Crippen LogP contribution in [0.4, 0.5) is 11.4 Å². The van der Waals surface area contributed by atoms with Gasteiger partial charge in [0.2, 0.25) is 17.1 Å². The smallest absolute Gasteiger partial charge is 0.221 e. The van der Waals surface area contributed by atoms with Gasteiger partial charge >= 0.3 is 0 Å². The summed E-state index contributed by atoms with van der Waals surface area (Å²) < 4.78 is 2.20. The van der Waals surface area contributed by atoms with Crippen molar-refractivity contribution >= 4 is 39.0 Å². The predicted molar refractivity (Wildman–Crippen MR) is 107 cm³/mol. The highest BCUT2D eigenvalue weighted by Gasteiger charge is 2.20. The van der Waals surface area contributed by atoms with E-state index in [1.54, 1.807) is 0 Å². The third kappa shape index (κ3) is 2.65. The molecular formula is C22H20N3O+. The van der Waals surface area contributed by atoms with Crippen LogP contribution < -0.4 is 15.6 Å². The van der Waals surface area contributed by atoms with Gasteiger partial charge in [-0.3, -0.25) is 4.79 Å². The molecule has 0 aliphatic rings. The number of pyridine rings is 1. The average molecular weight is 342 g/mol. The molecule has 128 valence electrons. The van der Waals surface area contributed by atoms with Crippen LogP contribution in [-0.2, 0) is 11.8 Å². The molecule has 0 spiro atoms. The summed E-state index contributed by atoms with van der Waals surface area (Å²) in [5.74, 6) is -0.0800. The number of aromatic nitrogens is 1. The van der Waals surface area contributed by atoms with Crippen molar-refractivity contribution < 1.29 is 9.36 Å². The zero-order valence-electron chi connectivity index (χ0n) is 14.8. The van der Waals surface area contributed by atoms with Crippen LogP contribution in [0.25, 0.3) is 32.9 Å². The standard InChI is InChI=1S/C22H19N3O/c1-14(26)24-17-11-12-18-19-5-3-4-6-21(19)25(2)22(20(18)13-17)15-7-9-16(23)10-8-15/h3-13,23H,1-2H3,(H,24,26)/p+1. The molecule has 4 aromatic rings. The van der Waals surface area contributed by atoms with Crippen LogP contribution in [0.3, 0.4) is 0 Å². The molecule has 0 aliphatic heterocycles. The Morgan fingerprint density at radius 3 is 2.38 bits per heavy atom. The minimum absolute atomic E-state index is 0.0800. The number of fused-ring (bicyclic) bond motifs is 3. The summed E-state index contributed by atoms with van der Waals surface area (Å²) >= 11 is 0. The molecule has 0 atom stereocenters. The van der Waals surface area contributed by atoms with E-state index in [1.165, 1.54) is 12.3 Å². The third-order valence-corrected chi connectivity index (χ3v) is 4.67. The lowest BCUT2D eigenvalue weighted by Crippen LogP contribution is -2.32. The van der Waals surface area contributed by atoms with Crippen molar-refractivity contribution in [2.75, 3.05) is 11.1 Å². The van der Waals surface area contributed by atoms with Crippen molar-refractivity contribution in [2.45, 2.75) is 6.92 Å². The molecule has 4 rings (SSSR count). The Morgan fingerprint density at radius 1 is 0.923 bits per heavy atom. The van der Waals surface area contributed by atoms with Crippen LogP contribution in [0, 0.1) is 0 Å². The van der Waals surface area contributed by atoms with Gasteiger partial charge < -0.3 is 11.1 Å². The van der Waals surface area contributed by atoms with E-state index in [2.05, 4.69) is 35.1 Å². The monoisotopic (exact) mass is 342 g/mol. The molecule has 1 heterocycles. The molecule has 0 unspecified atom stereocenters. The molecule has 1 aromatic heterocycles. The number of nitrogens with one attached hydrogen (secondary N) is 1. The molecule has 4 nitrogen and oxygen atoms in total. The quantitative estimate of drug-likeness (QED) is 0.328. The number of carbonyl (C=O) groups excluding carboxylic acids is 1. The van der Waals surface area contributed by atoms with Crippen LogP contribution >= 0.6 is 0 Å². The second-order valence-corrected chi connectivity index (χ2v) is 6.49. The van der Waals surface area contributed by atoms with E-state index in [1.807, 2.05) is 48.5 Å². The van der Waals surface area contributed by atoms with Crippen molar-refractivity contribution in [1.29, 1.82) is 0 Å². The van der Waals surface area contributed by atoms with E-state index in [0.29, 0.717) is 0 Å². The van der Waals surface area contributed by atoms with E-state index in [0.717, 1.165) is 38.9 Å². The number of carbonyl (C=O) groups is 1. The molecule has 26 heavy (non-hydrogen) atoms. The number of hydrogen-bond donors (Lipinski definition) is 2. The number of aryl methyl sites for hydroxylation is 1. The third-order valence-electron chi connectivity index (χ3n) is 4.67. The molecule has 0 saturated carbocycles. The maximum atomic E-state index is 11.5. The minimum atomic E-state index is -0.0800. The minimum Gasteiger partial charge on any atom is -0.399 e. The number of nitrogen functional groups attached to an aromatic ring is 1. The SMILES string of the molecule is CC(=O)Nc1ccc2c(c1)c(-c1ccc(N)cc1)[n+](C)c1ccccc21. The number of amides is 1. The summed E-state index contributed by atoms with van der Waals surface area (Å²) in [4.78, 5) is 11.5. The first-order chi connectivity index (χ1) is 12.5. The summed E-state index contributed by atoms with van der Waals surface area (Å²) in [6, 6.07) is 22.3. The van der Waals surface area contributed by atoms with Crippen molar-refractivity contribution in [2.24, 2.45) is 7.05 Å². The number of benzene rings is 3. The summed E-state index contributed by atoms with van der Waals surface area (Å²) in [6.45, 7) is 1.52. The molecule has 4 heteroatoms. The lowest BCUT2D eigenvalue weighted by molar-refractivity contribution is -0.632. The number of para-hydroxylation sites is 1. The first kappa shape index (κ1) is 16.1. The maximum absolute atomic E-state index is 11.5. The van der Waals surface area contributed by atoms with Gasteiger partial charge in [0, 0.05) is 35.3 Å². The molecule has 0 saturated heterocycles. The number of hydrogen-bond acceptors (Lipinski definition) is 2. The largest absolute Gasteiger partial charge is 0.399 e. The van der Waals surface area contributed by atoms with Crippen molar-refractivity contribution in [3.8, 4) is 11.3 Å². The Morgan fingerprint density at radius 2 is 1.65 bits per heavy atom. The average Bonchev–Trinajstić information content (AvgIpc) is 2.63. The van der Waals surface area contributed by atoms with Gasteiger partial charge in [-0.15, -0.1) is 0 Å². The Kier molecular flexibility index (Phi) is 3.81.